The van der Waals surface area contributed by atoms with Gasteiger partial charge in [0, 0.05) is 29.4 Å². The minimum absolute atomic E-state index is 0.127. The molecule has 1 heterocycles. The van der Waals surface area contributed by atoms with Gasteiger partial charge in [-0.2, -0.15) is 10.5 Å². The van der Waals surface area contributed by atoms with Crippen molar-refractivity contribution in [3.05, 3.63) is 65.8 Å². The summed E-state index contributed by atoms with van der Waals surface area (Å²) < 4.78 is 1.98. The molecule has 6 nitrogen and oxygen atoms in total. The van der Waals surface area contributed by atoms with Gasteiger partial charge in [-0.05, 0) is 18.2 Å². The standard InChI is InChI=1S/C23H20ClN5OS/c24-19-9-4-10-20(15-19)29-21(18-7-2-1-3-8-18)16-27-23(29)31-17-22(30)28(13-5-11-25)14-6-12-26/h1-4,7-10,15-16H,5-6,13-14,17H2. The number of benzene rings is 2. The zero-order chi connectivity index (χ0) is 22.1. The molecule has 1 aromatic heterocycles. The van der Waals surface area contributed by atoms with Gasteiger partial charge in [-0.3, -0.25) is 9.36 Å². The third-order valence-corrected chi connectivity index (χ3v) is 5.70. The second-order valence-electron chi connectivity index (χ2n) is 6.59. The number of nitriles is 2. The van der Waals surface area contributed by atoms with Crippen molar-refractivity contribution in [3.63, 3.8) is 0 Å². The zero-order valence-corrected chi connectivity index (χ0v) is 18.3. The van der Waals surface area contributed by atoms with Gasteiger partial charge < -0.3 is 4.90 Å². The lowest BCUT2D eigenvalue weighted by Crippen LogP contribution is -2.34. The van der Waals surface area contributed by atoms with Crippen molar-refractivity contribution >= 4 is 29.3 Å². The first kappa shape index (κ1) is 22.4. The average molecular weight is 450 g/mol. The van der Waals surface area contributed by atoms with Crippen LogP contribution in [0.5, 0.6) is 0 Å². The quantitative estimate of drug-likeness (QED) is 0.432. The van der Waals surface area contributed by atoms with Crippen LogP contribution < -0.4 is 0 Å². The molecule has 0 aliphatic rings. The molecule has 0 aliphatic heterocycles. The van der Waals surface area contributed by atoms with Gasteiger partial charge in [-0.15, -0.1) is 0 Å². The van der Waals surface area contributed by atoms with Crippen LogP contribution in [0.25, 0.3) is 16.9 Å². The first-order valence-corrected chi connectivity index (χ1v) is 11.0. The Morgan fingerprint density at radius 2 is 1.77 bits per heavy atom. The summed E-state index contributed by atoms with van der Waals surface area (Å²) in [6.07, 6.45) is 2.25. The van der Waals surface area contributed by atoms with Gasteiger partial charge in [0.2, 0.25) is 5.91 Å². The molecular formula is C23H20ClN5OS. The molecule has 0 spiro atoms. The van der Waals surface area contributed by atoms with Crippen LogP contribution in [-0.2, 0) is 4.79 Å². The lowest BCUT2D eigenvalue weighted by atomic mass is 10.1. The predicted octanol–water partition coefficient (Wildman–Crippen LogP) is 4.94. The van der Waals surface area contributed by atoms with E-state index in [9.17, 15) is 4.79 Å². The molecule has 0 unspecified atom stereocenters. The third kappa shape index (κ3) is 5.88. The Balaban J connectivity index is 1.87. The van der Waals surface area contributed by atoms with Gasteiger partial charge in [0.05, 0.1) is 42.6 Å². The van der Waals surface area contributed by atoms with Gasteiger partial charge in [0.25, 0.3) is 0 Å². The van der Waals surface area contributed by atoms with Crippen molar-refractivity contribution in [2.45, 2.75) is 18.0 Å². The van der Waals surface area contributed by atoms with Crippen molar-refractivity contribution in [2.24, 2.45) is 0 Å². The van der Waals surface area contributed by atoms with Crippen LogP contribution in [0.15, 0.2) is 66.0 Å². The Kier molecular flexibility index (Phi) is 8.12. The molecule has 0 aliphatic carbocycles. The maximum Gasteiger partial charge on any atom is 0.233 e. The summed E-state index contributed by atoms with van der Waals surface area (Å²) in [6, 6.07) is 21.5. The van der Waals surface area contributed by atoms with Crippen molar-refractivity contribution in [1.82, 2.24) is 14.5 Å². The fourth-order valence-electron chi connectivity index (χ4n) is 3.06. The average Bonchev–Trinajstić information content (AvgIpc) is 3.22. The Labute approximate surface area is 190 Å². The number of halogens is 1. The molecule has 0 radical (unpaired) electrons. The SMILES string of the molecule is N#CCCN(CCC#N)C(=O)CSc1ncc(-c2ccccc2)n1-c1cccc(Cl)c1. The molecule has 31 heavy (non-hydrogen) atoms. The number of hydrogen-bond donors (Lipinski definition) is 0. The number of thioether (sulfide) groups is 1. The van der Waals surface area contributed by atoms with Crippen LogP contribution in [0.1, 0.15) is 12.8 Å². The highest BCUT2D eigenvalue weighted by Gasteiger charge is 2.18. The normalized spacial score (nSPS) is 10.3. The van der Waals surface area contributed by atoms with E-state index in [0.29, 0.717) is 23.3 Å². The Bertz CT molecular complexity index is 1100. The van der Waals surface area contributed by atoms with Gasteiger partial charge in [-0.1, -0.05) is 59.8 Å². The van der Waals surface area contributed by atoms with Crippen molar-refractivity contribution < 1.29 is 4.79 Å². The number of nitrogens with zero attached hydrogens (tertiary/aromatic N) is 5. The van der Waals surface area contributed by atoms with E-state index in [2.05, 4.69) is 4.98 Å². The number of aromatic nitrogens is 2. The summed E-state index contributed by atoms with van der Waals surface area (Å²) in [4.78, 5) is 18.9. The monoisotopic (exact) mass is 449 g/mol. The van der Waals surface area contributed by atoms with Gasteiger partial charge in [-0.25, -0.2) is 4.98 Å². The molecule has 3 aromatic rings. The van der Waals surface area contributed by atoms with Gasteiger partial charge in [0.1, 0.15) is 0 Å². The van der Waals surface area contributed by atoms with Crippen LogP contribution in [0.4, 0.5) is 0 Å². The highest BCUT2D eigenvalue weighted by atomic mass is 35.5. The summed E-state index contributed by atoms with van der Waals surface area (Å²) >= 11 is 7.54. The van der Waals surface area contributed by atoms with Crippen LogP contribution >= 0.6 is 23.4 Å². The molecule has 0 N–H and O–H groups in total. The van der Waals surface area contributed by atoms with E-state index in [1.807, 2.05) is 71.3 Å². The summed E-state index contributed by atoms with van der Waals surface area (Å²) in [5, 5.41) is 19.0. The number of hydrogen-bond acceptors (Lipinski definition) is 5. The van der Waals surface area contributed by atoms with E-state index in [4.69, 9.17) is 22.1 Å². The van der Waals surface area contributed by atoms with E-state index in [0.717, 1.165) is 16.9 Å². The molecule has 8 heteroatoms. The molecule has 0 saturated carbocycles. The summed E-state index contributed by atoms with van der Waals surface area (Å²) in [7, 11) is 0. The highest BCUT2D eigenvalue weighted by molar-refractivity contribution is 7.99. The lowest BCUT2D eigenvalue weighted by Gasteiger charge is -2.20. The third-order valence-electron chi connectivity index (χ3n) is 4.53. The molecule has 0 saturated heterocycles. The molecule has 2 aromatic carbocycles. The van der Waals surface area contributed by atoms with Crippen molar-refractivity contribution in [3.8, 4) is 29.1 Å². The smallest absolute Gasteiger partial charge is 0.233 e. The largest absolute Gasteiger partial charge is 0.340 e. The topological polar surface area (TPSA) is 85.7 Å². The summed E-state index contributed by atoms with van der Waals surface area (Å²) in [5.74, 6) is 0.0280. The molecule has 0 fully saturated rings. The molecule has 156 valence electrons. The van der Waals surface area contributed by atoms with Crippen LogP contribution in [0.3, 0.4) is 0 Å². The van der Waals surface area contributed by atoms with Gasteiger partial charge in [0.15, 0.2) is 5.16 Å². The molecule has 1 amide bonds. The van der Waals surface area contributed by atoms with E-state index in [1.165, 1.54) is 11.8 Å². The number of rotatable bonds is 9. The Hall–Kier alpha value is -3.26. The van der Waals surface area contributed by atoms with Crippen LogP contribution in [-0.4, -0.2) is 39.2 Å². The summed E-state index contributed by atoms with van der Waals surface area (Å²) in [6.45, 7) is 0.630. The number of amides is 1. The molecule has 0 bridgehead atoms. The fourth-order valence-corrected chi connectivity index (χ4v) is 4.14. The molecule has 3 rings (SSSR count). The maximum absolute atomic E-state index is 12.7. The van der Waals surface area contributed by atoms with Gasteiger partial charge >= 0.3 is 0 Å². The van der Waals surface area contributed by atoms with E-state index in [1.54, 1.807) is 11.1 Å². The van der Waals surface area contributed by atoms with E-state index < -0.39 is 0 Å². The van der Waals surface area contributed by atoms with Crippen molar-refractivity contribution in [1.29, 1.82) is 10.5 Å². The molecule has 0 atom stereocenters. The minimum atomic E-state index is -0.127. The van der Waals surface area contributed by atoms with Crippen LogP contribution in [0, 0.1) is 22.7 Å². The fraction of sp³-hybridized carbons (Fsp3) is 0.217. The zero-order valence-electron chi connectivity index (χ0n) is 16.7. The van der Waals surface area contributed by atoms with Crippen LogP contribution in [0.2, 0.25) is 5.02 Å². The predicted molar refractivity (Wildman–Crippen MR) is 122 cm³/mol. The first-order valence-electron chi connectivity index (χ1n) is 9.67. The number of imidazole rings is 1. The number of carbonyl (C=O) groups excluding carboxylic acids is 1. The van der Waals surface area contributed by atoms with E-state index >= 15 is 0 Å². The Morgan fingerprint density at radius 3 is 2.42 bits per heavy atom. The van der Waals surface area contributed by atoms with Crippen molar-refractivity contribution in [2.75, 3.05) is 18.8 Å². The second-order valence-corrected chi connectivity index (χ2v) is 7.97. The lowest BCUT2D eigenvalue weighted by molar-refractivity contribution is -0.128. The molecular weight excluding hydrogens is 430 g/mol. The first-order chi connectivity index (χ1) is 15.1. The minimum Gasteiger partial charge on any atom is -0.340 e. The summed E-state index contributed by atoms with van der Waals surface area (Å²) in [5.41, 5.74) is 2.74. The Morgan fingerprint density at radius 1 is 1.06 bits per heavy atom. The highest BCUT2D eigenvalue weighted by Crippen LogP contribution is 2.30. The second kappa shape index (κ2) is 11.2. The number of carbonyl (C=O) groups is 1. The van der Waals surface area contributed by atoms with E-state index in [-0.39, 0.29) is 24.5 Å². The maximum atomic E-state index is 12.7.